The first-order valence-corrected chi connectivity index (χ1v) is 8.62. The number of imidazole rings is 1. The predicted molar refractivity (Wildman–Crippen MR) is 94.0 cm³/mol. The van der Waals surface area contributed by atoms with Crippen LogP contribution in [-0.4, -0.2) is 62.1 Å². The molecule has 136 valence electrons. The van der Waals surface area contributed by atoms with Gasteiger partial charge in [0.25, 0.3) is 0 Å². The minimum Gasteiger partial charge on any atom is -0.338 e. The van der Waals surface area contributed by atoms with Crippen LogP contribution in [0.3, 0.4) is 0 Å². The number of rotatable bonds is 5. The molecule has 1 N–H and O–H groups in total. The lowest BCUT2D eigenvalue weighted by atomic mass is 10.1. The number of piperazine rings is 1. The van der Waals surface area contributed by atoms with Crippen molar-refractivity contribution >= 4 is 11.8 Å². The summed E-state index contributed by atoms with van der Waals surface area (Å²) in [6, 6.07) is 1.86. The zero-order chi connectivity index (χ0) is 18.0. The Morgan fingerprint density at radius 2 is 2.28 bits per heavy atom. The van der Waals surface area contributed by atoms with Crippen LogP contribution in [0.25, 0.3) is 0 Å². The van der Waals surface area contributed by atoms with Crippen molar-refractivity contribution in [2.24, 2.45) is 7.05 Å². The Balaban J connectivity index is 1.54. The van der Waals surface area contributed by atoms with Gasteiger partial charge in [0.15, 0.2) is 0 Å². The van der Waals surface area contributed by atoms with Gasteiger partial charge in [-0.15, -0.1) is 0 Å². The van der Waals surface area contributed by atoms with Gasteiger partial charge in [-0.3, -0.25) is 19.9 Å². The van der Waals surface area contributed by atoms with E-state index in [2.05, 4.69) is 36.7 Å². The first-order valence-electron chi connectivity index (χ1n) is 8.62. The number of aromatic nitrogens is 3. The smallest absolute Gasteiger partial charge is 0.243 e. The lowest BCUT2D eigenvalue weighted by Crippen LogP contribution is -2.56. The van der Waals surface area contributed by atoms with Gasteiger partial charge in [-0.2, -0.15) is 0 Å². The van der Waals surface area contributed by atoms with Gasteiger partial charge in [0.1, 0.15) is 5.82 Å². The van der Waals surface area contributed by atoms with E-state index in [4.69, 9.17) is 4.52 Å². The highest BCUT2D eigenvalue weighted by Gasteiger charge is 2.30. The molecule has 2 atom stereocenters. The van der Waals surface area contributed by atoms with Crippen molar-refractivity contribution in [3.05, 3.63) is 30.0 Å². The topological polar surface area (TPSA) is 79.4 Å². The van der Waals surface area contributed by atoms with Gasteiger partial charge in [0.2, 0.25) is 11.8 Å². The van der Waals surface area contributed by atoms with Crippen molar-refractivity contribution in [1.29, 1.82) is 0 Å². The van der Waals surface area contributed by atoms with Gasteiger partial charge < -0.3 is 9.09 Å². The number of hydrogen-bond donors (Lipinski definition) is 1. The maximum Gasteiger partial charge on any atom is 0.243 e. The quantitative estimate of drug-likeness (QED) is 0.878. The lowest BCUT2D eigenvalue weighted by Gasteiger charge is -2.41. The van der Waals surface area contributed by atoms with Crippen molar-refractivity contribution in [1.82, 2.24) is 24.5 Å². The Morgan fingerprint density at radius 1 is 1.48 bits per heavy atom. The summed E-state index contributed by atoms with van der Waals surface area (Å²) in [5.74, 6) is 1.39. The Kier molecular flexibility index (Phi) is 5.19. The van der Waals surface area contributed by atoms with Crippen LogP contribution in [0.1, 0.15) is 25.4 Å². The normalized spacial score (nSPS) is 20.6. The molecule has 0 aromatic carbocycles. The number of amides is 1. The predicted octanol–water partition coefficient (Wildman–Crippen LogP) is 1.25. The first-order chi connectivity index (χ1) is 11.9. The summed E-state index contributed by atoms with van der Waals surface area (Å²) in [6.07, 6.45) is 3.79. The summed E-state index contributed by atoms with van der Waals surface area (Å²) in [4.78, 5) is 21.5. The van der Waals surface area contributed by atoms with Gasteiger partial charge in [-0.25, -0.2) is 4.98 Å². The van der Waals surface area contributed by atoms with E-state index in [0.29, 0.717) is 11.9 Å². The molecule has 0 aliphatic carbocycles. The number of nitrogens with one attached hydrogen (secondary N) is 1. The molecule has 0 unspecified atom stereocenters. The van der Waals surface area contributed by atoms with Gasteiger partial charge >= 0.3 is 0 Å². The molecule has 0 bridgehead atoms. The fourth-order valence-electron chi connectivity index (χ4n) is 3.15. The SMILES string of the molecule is Cc1cc(NC(=O)[C@@H](C)N2CCN(Cc3nccn3C)[C@@H](C)C2)on1. The molecule has 3 heterocycles. The van der Waals surface area contributed by atoms with E-state index < -0.39 is 0 Å². The summed E-state index contributed by atoms with van der Waals surface area (Å²) in [5, 5.41) is 6.58. The van der Waals surface area contributed by atoms with Crippen LogP contribution in [-0.2, 0) is 18.4 Å². The number of nitrogens with zero attached hydrogens (tertiary/aromatic N) is 5. The van der Waals surface area contributed by atoms with Crippen LogP contribution in [0.5, 0.6) is 0 Å². The maximum absolute atomic E-state index is 12.4. The van der Waals surface area contributed by atoms with E-state index in [-0.39, 0.29) is 11.9 Å². The number of carbonyl (C=O) groups excluding carboxylic acids is 1. The van der Waals surface area contributed by atoms with E-state index in [1.807, 2.05) is 33.3 Å². The molecule has 1 fully saturated rings. The van der Waals surface area contributed by atoms with Crippen LogP contribution in [0.4, 0.5) is 5.88 Å². The van der Waals surface area contributed by atoms with Crippen molar-refractivity contribution < 1.29 is 9.32 Å². The fourth-order valence-corrected chi connectivity index (χ4v) is 3.15. The zero-order valence-corrected chi connectivity index (χ0v) is 15.3. The van der Waals surface area contributed by atoms with Gasteiger partial charge in [0, 0.05) is 51.2 Å². The fraction of sp³-hybridized carbons (Fsp3) is 0.588. The molecular formula is C17H26N6O2. The Bertz CT molecular complexity index is 724. The van der Waals surface area contributed by atoms with Gasteiger partial charge in [-0.1, -0.05) is 5.16 Å². The molecule has 8 heteroatoms. The summed E-state index contributed by atoms with van der Waals surface area (Å²) in [6.45, 7) is 9.38. The van der Waals surface area contributed by atoms with Crippen LogP contribution in [0.2, 0.25) is 0 Å². The molecule has 2 aromatic heterocycles. The molecule has 1 amide bonds. The largest absolute Gasteiger partial charge is 0.338 e. The van der Waals surface area contributed by atoms with E-state index in [1.54, 1.807) is 6.07 Å². The molecule has 25 heavy (non-hydrogen) atoms. The highest BCUT2D eigenvalue weighted by Crippen LogP contribution is 2.16. The molecule has 0 spiro atoms. The number of hydrogen-bond acceptors (Lipinski definition) is 6. The molecule has 3 rings (SSSR count). The third-order valence-electron chi connectivity index (χ3n) is 4.86. The second kappa shape index (κ2) is 7.37. The van der Waals surface area contributed by atoms with E-state index in [9.17, 15) is 4.79 Å². The third kappa shape index (κ3) is 4.08. The second-order valence-electron chi connectivity index (χ2n) is 6.77. The highest BCUT2D eigenvalue weighted by atomic mass is 16.5. The molecular weight excluding hydrogens is 320 g/mol. The van der Waals surface area contributed by atoms with E-state index in [1.165, 1.54) is 0 Å². The first kappa shape index (κ1) is 17.6. The molecule has 1 saturated heterocycles. The third-order valence-corrected chi connectivity index (χ3v) is 4.86. The van der Waals surface area contributed by atoms with Gasteiger partial charge in [-0.05, 0) is 20.8 Å². The molecule has 0 saturated carbocycles. The van der Waals surface area contributed by atoms with E-state index in [0.717, 1.165) is 37.7 Å². The maximum atomic E-state index is 12.4. The van der Waals surface area contributed by atoms with Crippen LogP contribution in [0, 0.1) is 6.92 Å². The average molecular weight is 346 g/mol. The Morgan fingerprint density at radius 3 is 2.88 bits per heavy atom. The average Bonchev–Trinajstić information content (AvgIpc) is 3.17. The van der Waals surface area contributed by atoms with Crippen molar-refractivity contribution in [3.63, 3.8) is 0 Å². The molecule has 8 nitrogen and oxygen atoms in total. The summed E-state index contributed by atoms with van der Waals surface area (Å²) in [7, 11) is 2.01. The number of aryl methyl sites for hydroxylation is 2. The molecule has 1 aliphatic heterocycles. The minimum absolute atomic E-state index is 0.0686. The van der Waals surface area contributed by atoms with Crippen LogP contribution >= 0.6 is 0 Å². The Labute approximate surface area is 147 Å². The molecule has 1 aliphatic rings. The lowest BCUT2D eigenvalue weighted by molar-refractivity contribution is -0.122. The molecule has 0 radical (unpaired) electrons. The van der Waals surface area contributed by atoms with Gasteiger partial charge in [0.05, 0.1) is 18.3 Å². The van der Waals surface area contributed by atoms with Crippen LogP contribution in [0.15, 0.2) is 23.0 Å². The summed E-state index contributed by atoms with van der Waals surface area (Å²) in [5.41, 5.74) is 0.750. The minimum atomic E-state index is -0.219. The molecule has 2 aromatic rings. The number of carbonyl (C=O) groups is 1. The standard InChI is InChI=1S/C17H26N6O2/c1-12-9-16(25-20-12)19-17(24)14(3)23-8-7-22(13(2)10-23)11-15-18-5-6-21(15)4/h5-6,9,13-14H,7-8,10-11H2,1-4H3,(H,19,24)/t13-,14+/m0/s1. The second-order valence-corrected chi connectivity index (χ2v) is 6.77. The summed E-state index contributed by atoms with van der Waals surface area (Å²) < 4.78 is 7.11. The van der Waals surface area contributed by atoms with Crippen LogP contribution < -0.4 is 5.32 Å². The highest BCUT2D eigenvalue weighted by molar-refractivity contribution is 5.93. The monoisotopic (exact) mass is 346 g/mol. The van der Waals surface area contributed by atoms with Crippen molar-refractivity contribution in [3.8, 4) is 0 Å². The zero-order valence-electron chi connectivity index (χ0n) is 15.3. The number of anilines is 1. The van der Waals surface area contributed by atoms with E-state index >= 15 is 0 Å². The Hall–Kier alpha value is -2.19. The van der Waals surface area contributed by atoms with Crippen molar-refractivity contribution in [2.45, 2.75) is 39.4 Å². The summed E-state index contributed by atoms with van der Waals surface area (Å²) >= 11 is 0. The van der Waals surface area contributed by atoms with Crippen molar-refractivity contribution in [2.75, 3.05) is 25.0 Å².